The predicted octanol–water partition coefficient (Wildman–Crippen LogP) is 4.75. The molecule has 0 fully saturated rings. The number of hydrogen-bond donors (Lipinski definition) is 3. The fourth-order valence-electron chi connectivity index (χ4n) is 3.56. The Morgan fingerprint density at radius 1 is 1.21 bits per heavy atom. The van der Waals surface area contributed by atoms with Gasteiger partial charge in [0.1, 0.15) is 5.75 Å². The van der Waals surface area contributed by atoms with Crippen LogP contribution in [-0.2, 0) is 12.8 Å². The minimum Gasteiger partial charge on any atom is -0.406 e. The van der Waals surface area contributed by atoms with Crippen LogP contribution in [-0.4, -0.2) is 23.3 Å². The van der Waals surface area contributed by atoms with Crippen LogP contribution in [0.15, 0.2) is 42.5 Å². The van der Waals surface area contributed by atoms with Gasteiger partial charge in [0.2, 0.25) is 0 Å². The topological polar surface area (TPSA) is 80.1 Å². The Labute approximate surface area is 181 Å². The van der Waals surface area contributed by atoms with E-state index in [1.54, 1.807) is 6.07 Å². The molecule has 9 heteroatoms. The second kappa shape index (κ2) is 8.23. The number of amides is 1. The average Bonchev–Trinajstić information content (AvgIpc) is 2.98. The lowest BCUT2D eigenvalue weighted by molar-refractivity contribution is -0.274. The lowest BCUT2D eigenvalue weighted by Crippen LogP contribution is -2.27. The van der Waals surface area contributed by atoms with E-state index in [1.165, 1.54) is 12.1 Å². The number of carbonyl (C=O) groups is 1. The first kappa shape index (κ1) is 21.4. The van der Waals surface area contributed by atoms with Gasteiger partial charge in [0.25, 0.3) is 5.91 Å². The third-order valence-corrected chi connectivity index (χ3v) is 4.81. The number of halogens is 4. The number of ether oxygens (including phenoxy) is 1. The zero-order chi connectivity index (χ0) is 19.9. The highest BCUT2D eigenvalue weighted by atomic mass is 127. The summed E-state index contributed by atoms with van der Waals surface area (Å²) in [7, 11) is 0. The van der Waals surface area contributed by atoms with E-state index in [-0.39, 0.29) is 35.6 Å². The third-order valence-electron chi connectivity index (χ3n) is 4.81. The summed E-state index contributed by atoms with van der Waals surface area (Å²) >= 11 is 0. The number of alkyl halides is 3. The monoisotopic (exact) mass is 517 g/mol. The van der Waals surface area contributed by atoms with E-state index < -0.39 is 18.0 Å². The van der Waals surface area contributed by atoms with Gasteiger partial charge >= 0.3 is 6.36 Å². The fraction of sp³-hybridized carbons (Fsp3) is 0.250. The minimum absolute atomic E-state index is 0. The summed E-state index contributed by atoms with van der Waals surface area (Å²) in [5.74, 6) is -0.961. The number of benzene rings is 2. The number of nitrogens with two attached hydrogens (primary N) is 1. The molecular formula is C20H19F3IN3O2. The number of rotatable bonds is 3. The van der Waals surface area contributed by atoms with Crippen LogP contribution in [0.1, 0.15) is 28.0 Å². The van der Waals surface area contributed by atoms with Crippen LogP contribution in [0.4, 0.5) is 18.9 Å². The molecule has 0 saturated heterocycles. The second-order valence-corrected chi connectivity index (χ2v) is 6.88. The largest absolute Gasteiger partial charge is 0.573 e. The normalized spacial score (nSPS) is 16.1. The Balaban J connectivity index is 0.00000240. The van der Waals surface area contributed by atoms with E-state index in [1.807, 2.05) is 12.1 Å². The molecule has 1 aromatic heterocycles. The summed E-state index contributed by atoms with van der Waals surface area (Å²) in [5, 5.41) is 3.72. The first-order chi connectivity index (χ1) is 13.3. The van der Waals surface area contributed by atoms with E-state index in [9.17, 15) is 18.0 Å². The molecule has 0 saturated carbocycles. The molecule has 154 valence electrons. The van der Waals surface area contributed by atoms with Gasteiger partial charge in [-0.2, -0.15) is 0 Å². The molecule has 2 aromatic carbocycles. The Morgan fingerprint density at radius 2 is 2.00 bits per heavy atom. The van der Waals surface area contributed by atoms with Crippen molar-refractivity contribution in [3.63, 3.8) is 0 Å². The first-order valence-electron chi connectivity index (χ1n) is 8.85. The molecule has 0 radical (unpaired) electrons. The second-order valence-electron chi connectivity index (χ2n) is 6.88. The molecule has 1 aliphatic carbocycles. The molecule has 1 aliphatic rings. The number of nitrogens with one attached hydrogen (secondary N) is 2. The molecule has 4 rings (SSSR count). The number of aromatic nitrogens is 1. The maximum atomic E-state index is 12.5. The number of anilines is 1. The lowest BCUT2D eigenvalue weighted by atomic mass is 9.92. The summed E-state index contributed by atoms with van der Waals surface area (Å²) in [6, 6.07) is 10.6. The van der Waals surface area contributed by atoms with E-state index in [4.69, 9.17) is 5.73 Å². The van der Waals surface area contributed by atoms with E-state index in [0.29, 0.717) is 5.69 Å². The van der Waals surface area contributed by atoms with Crippen LogP contribution in [0.5, 0.6) is 5.75 Å². The third kappa shape index (κ3) is 4.84. The highest BCUT2D eigenvalue weighted by Crippen LogP contribution is 2.31. The van der Waals surface area contributed by atoms with Crippen molar-refractivity contribution in [2.45, 2.75) is 31.7 Å². The van der Waals surface area contributed by atoms with Gasteiger partial charge in [-0.05, 0) is 61.2 Å². The Bertz CT molecular complexity index is 1050. The molecule has 29 heavy (non-hydrogen) atoms. The smallest absolute Gasteiger partial charge is 0.406 e. The van der Waals surface area contributed by atoms with Crippen molar-refractivity contribution < 1.29 is 22.7 Å². The van der Waals surface area contributed by atoms with Crippen molar-refractivity contribution in [3.8, 4) is 5.75 Å². The van der Waals surface area contributed by atoms with E-state index >= 15 is 0 Å². The standard InChI is InChI=1S/C20H18F3N3O2.HI/c21-20(22,23)28-14-3-1-2-11(8-14)19(27)25-13-5-7-18-16(10-13)15-9-12(24)4-6-17(15)26-18;/h1-3,5,7-8,10,12,26H,4,6,9,24H2,(H,25,27);1H. The molecule has 3 aromatic rings. The van der Waals surface area contributed by atoms with Crippen LogP contribution in [0, 0.1) is 0 Å². The number of hydrogen-bond acceptors (Lipinski definition) is 3. The summed E-state index contributed by atoms with van der Waals surface area (Å²) in [5.41, 5.74) is 9.99. The minimum atomic E-state index is -4.81. The zero-order valence-electron chi connectivity index (χ0n) is 15.2. The van der Waals surface area contributed by atoms with Crippen LogP contribution in [0.2, 0.25) is 0 Å². The van der Waals surface area contributed by atoms with E-state index in [2.05, 4.69) is 15.0 Å². The molecule has 1 unspecified atom stereocenters. The Kier molecular flexibility index (Phi) is 6.08. The molecule has 1 atom stereocenters. The number of fused-ring (bicyclic) bond motifs is 3. The van der Waals surface area contributed by atoms with Gasteiger partial charge in [-0.1, -0.05) is 6.07 Å². The molecule has 5 nitrogen and oxygen atoms in total. The maximum absolute atomic E-state index is 12.5. The summed E-state index contributed by atoms with van der Waals surface area (Å²) in [6.07, 6.45) is -2.23. The van der Waals surface area contributed by atoms with Crippen LogP contribution >= 0.6 is 24.0 Å². The van der Waals surface area contributed by atoms with Crippen molar-refractivity contribution in [3.05, 3.63) is 59.3 Å². The Hall–Kier alpha value is -2.27. The van der Waals surface area contributed by atoms with Crippen LogP contribution in [0.3, 0.4) is 0 Å². The molecule has 1 heterocycles. The quantitative estimate of drug-likeness (QED) is 0.439. The van der Waals surface area contributed by atoms with Crippen LogP contribution in [0.25, 0.3) is 10.9 Å². The zero-order valence-corrected chi connectivity index (χ0v) is 17.5. The van der Waals surface area contributed by atoms with Crippen molar-refractivity contribution in [2.24, 2.45) is 5.73 Å². The summed E-state index contributed by atoms with van der Waals surface area (Å²) in [6.45, 7) is 0. The first-order valence-corrected chi connectivity index (χ1v) is 8.85. The number of aryl methyl sites for hydroxylation is 1. The molecule has 0 bridgehead atoms. The van der Waals surface area contributed by atoms with E-state index in [0.717, 1.165) is 53.6 Å². The molecular weight excluding hydrogens is 498 g/mol. The van der Waals surface area contributed by atoms with Gasteiger partial charge < -0.3 is 20.8 Å². The molecule has 1 amide bonds. The van der Waals surface area contributed by atoms with Gasteiger partial charge in [-0.3, -0.25) is 4.79 Å². The predicted molar refractivity (Wildman–Crippen MR) is 115 cm³/mol. The van der Waals surface area contributed by atoms with Crippen molar-refractivity contribution in [1.29, 1.82) is 0 Å². The summed E-state index contributed by atoms with van der Waals surface area (Å²) < 4.78 is 41.0. The summed E-state index contributed by atoms with van der Waals surface area (Å²) in [4.78, 5) is 15.9. The highest BCUT2D eigenvalue weighted by molar-refractivity contribution is 14.0. The van der Waals surface area contributed by atoms with Gasteiger partial charge in [-0.25, -0.2) is 0 Å². The fourth-order valence-corrected chi connectivity index (χ4v) is 3.56. The SMILES string of the molecule is I.NC1CCc2[nH]c3ccc(NC(=O)c4cccc(OC(F)(F)F)c4)cc3c2C1. The average molecular weight is 517 g/mol. The highest BCUT2D eigenvalue weighted by Gasteiger charge is 2.31. The van der Waals surface area contributed by atoms with Gasteiger partial charge in [0.15, 0.2) is 0 Å². The maximum Gasteiger partial charge on any atom is 0.573 e. The van der Waals surface area contributed by atoms with Crippen molar-refractivity contribution in [2.75, 3.05) is 5.32 Å². The van der Waals surface area contributed by atoms with Gasteiger partial charge in [-0.15, -0.1) is 37.1 Å². The van der Waals surface area contributed by atoms with Crippen LogP contribution < -0.4 is 15.8 Å². The van der Waals surface area contributed by atoms with Gasteiger partial charge in [0, 0.05) is 33.9 Å². The number of aromatic amines is 1. The number of carbonyl (C=O) groups excluding carboxylic acids is 1. The van der Waals surface area contributed by atoms with Crippen molar-refractivity contribution >= 4 is 46.5 Å². The lowest BCUT2D eigenvalue weighted by Gasteiger charge is -2.18. The van der Waals surface area contributed by atoms with Crippen molar-refractivity contribution in [1.82, 2.24) is 4.98 Å². The number of H-pyrrole nitrogens is 1. The van der Waals surface area contributed by atoms with Gasteiger partial charge in [0.05, 0.1) is 0 Å². The molecule has 0 aliphatic heterocycles. The molecule has 4 N–H and O–H groups in total. The Morgan fingerprint density at radius 3 is 2.76 bits per heavy atom. The molecule has 0 spiro atoms.